The van der Waals surface area contributed by atoms with Gasteiger partial charge in [0.2, 0.25) is 0 Å². The number of aromatic nitrogens is 2. The second-order valence-electron chi connectivity index (χ2n) is 9.53. The van der Waals surface area contributed by atoms with Gasteiger partial charge in [-0.2, -0.15) is 0 Å². The van der Waals surface area contributed by atoms with Gasteiger partial charge in [0.1, 0.15) is 5.75 Å². The number of amides is 1. The first-order valence-corrected chi connectivity index (χ1v) is 12.8. The summed E-state index contributed by atoms with van der Waals surface area (Å²) >= 11 is 0. The summed E-state index contributed by atoms with van der Waals surface area (Å²) in [5, 5.41) is 15.8. The van der Waals surface area contributed by atoms with Crippen molar-refractivity contribution in [2.45, 2.75) is 19.1 Å². The van der Waals surface area contributed by atoms with E-state index in [4.69, 9.17) is 14.2 Å². The lowest BCUT2D eigenvalue weighted by Crippen LogP contribution is -2.38. The number of methoxy groups -OCH3 is 2. The number of fused-ring (bicyclic) bond motifs is 5. The Morgan fingerprint density at radius 3 is 2.55 bits per heavy atom. The highest BCUT2D eigenvalue weighted by molar-refractivity contribution is 6.19. The zero-order valence-corrected chi connectivity index (χ0v) is 22.2. The van der Waals surface area contributed by atoms with Gasteiger partial charge in [-0.3, -0.25) is 19.0 Å². The van der Waals surface area contributed by atoms with Crippen molar-refractivity contribution in [2.24, 2.45) is 0 Å². The molecule has 9 nitrogen and oxygen atoms in total. The Hall–Kier alpha value is -4.89. The highest BCUT2D eigenvalue weighted by Crippen LogP contribution is 2.39. The topological polar surface area (TPSA) is 111 Å². The first-order valence-electron chi connectivity index (χ1n) is 12.8. The lowest BCUT2D eigenvalue weighted by Gasteiger charge is -2.17. The summed E-state index contributed by atoms with van der Waals surface area (Å²) in [6, 6.07) is 19.9. The third kappa shape index (κ3) is 4.02. The van der Waals surface area contributed by atoms with Crippen LogP contribution in [0.1, 0.15) is 18.6 Å². The number of nitrogens with one attached hydrogen (secondary N) is 1. The maximum atomic E-state index is 13.9. The summed E-state index contributed by atoms with van der Waals surface area (Å²) in [6.45, 7) is 1.71. The van der Waals surface area contributed by atoms with Crippen LogP contribution in [0.5, 0.6) is 17.2 Å². The molecular weight excluding hydrogens is 510 g/mol. The van der Waals surface area contributed by atoms with Crippen LogP contribution in [-0.4, -0.2) is 47.3 Å². The zero-order valence-electron chi connectivity index (χ0n) is 22.2. The van der Waals surface area contributed by atoms with E-state index in [9.17, 15) is 14.7 Å². The minimum Gasteiger partial charge on any atom is -0.493 e. The van der Waals surface area contributed by atoms with E-state index < -0.39 is 12.2 Å². The summed E-state index contributed by atoms with van der Waals surface area (Å²) in [5.74, 6) is 0.933. The van der Waals surface area contributed by atoms with Gasteiger partial charge < -0.3 is 24.6 Å². The van der Waals surface area contributed by atoms with Crippen LogP contribution < -0.4 is 25.1 Å². The summed E-state index contributed by atoms with van der Waals surface area (Å²) in [4.78, 5) is 31.2. The highest BCUT2D eigenvalue weighted by Gasteiger charge is 2.23. The molecule has 0 aliphatic heterocycles. The van der Waals surface area contributed by atoms with Gasteiger partial charge in [-0.15, -0.1) is 0 Å². The molecule has 1 amide bonds. The van der Waals surface area contributed by atoms with Crippen LogP contribution in [0.25, 0.3) is 38.1 Å². The van der Waals surface area contributed by atoms with E-state index in [1.807, 2.05) is 36.4 Å². The maximum absolute atomic E-state index is 13.9. The molecule has 3 aromatic carbocycles. The molecule has 2 atom stereocenters. The van der Waals surface area contributed by atoms with E-state index in [0.29, 0.717) is 44.6 Å². The zero-order chi connectivity index (χ0) is 28.0. The van der Waals surface area contributed by atoms with Gasteiger partial charge in [0.25, 0.3) is 11.5 Å². The number of carbonyl (C=O) groups is 1. The number of rotatable bonds is 8. The average molecular weight is 538 g/mol. The number of benzene rings is 3. The number of hydrogen-bond acceptors (Lipinski definition) is 7. The Kier molecular flexibility index (Phi) is 6.36. The first kappa shape index (κ1) is 25.4. The summed E-state index contributed by atoms with van der Waals surface area (Å²) < 4.78 is 18.6. The molecule has 0 aliphatic rings. The summed E-state index contributed by atoms with van der Waals surface area (Å²) in [6.07, 6.45) is 0.0704. The maximum Gasteiger partial charge on any atom is 0.267 e. The highest BCUT2D eigenvalue weighted by atomic mass is 16.5. The van der Waals surface area contributed by atoms with Crippen molar-refractivity contribution in [2.75, 3.05) is 20.8 Å². The number of ether oxygens (including phenoxy) is 3. The van der Waals surface area contributed by atoms with Crippen LogP contribution in [0, 0.1) is 0 Å². The van der Waals surface area contributed by atoms with Gasteiger partial charge in [0, 0.05) is 28.9 Å². The lowest BCUT2D eigenvalue weighted by atomic mass is 10.1. The van der Waals surface area contributed by atoms with Crippen molar-refractivity contribution in [1.29, 1.82) is 0 Å². The molecule has 0 saturated carbocycles. The summed E-state index contributed by atoms with van der Waals surface area (Å²) in [5.41, 5.74) is 2.51. The van der Waals surface area contributed by atoms with Crippen LogP contribution in [0.3, 0.4) is 0 Å². The fraction of sp³-hybridized carbons (Fsp3) is 0.194. The molecule has 3 aromatic heterocycles. The third-order valence-corrected chi connectivity index (χ3v) is 7.20. The quantitative estimate of drug-likeness (QED) is 0.280. The van der Waals surface area contributed by atoms with E-state index in [-0.39, 0.29) is 18.0 Å². The minimum atomic E-state index is -0.822. The van der Waals surface area contributed by atoms with Gasteiger partial charge in [-0.25, -0.2) is 0 Å². The normalized spacial score (nSPS) is 13.1. The molecule has 0 saturated heterocycles. The predicted octanol–water partition coefficient (Wildman–Crippen LogP) is 4.23. The van der Waals surface area contributed by atoms with Crippen LogP contribution in [0.2, 0.25) is 0 Å². The molecule has 6 rings (SSSR count). The molecule has 0 aliphatic carbocycles. The van der Waals surface area contributed by atoms with Crippen LogP contribution in [0.4, 0.5) is 0 Å². The van der Waals surface area contributed by atoms with E-state index in [1.165, 1.54) is 14.2 Å². The minimum absolute atomic E-state index is 0.0652. The SMILES string of the molecule is COc1ccc2c(c1OC)c(=O)n1c3ccc(O[C@H](C)C(=O)NC[C@@H](O)c4ccccc4)cc3c3ccnc2c31. The standard InChI is InChI=1S/C31H27N3O6/c1-17(30(36)33-16-24(35)18-7-5-4-6-8-18)40-19-9-11-23-22(15-19)20-13-14-32-27-21-10-12-25(38-2)29(39-3)26(21)31(37)34(23)28(20)27/h4-15,17,24,35H,16H2,1-3H3,(H,33,36)/t17-,24-/m1/s1. The molecule has 202 valence electrons. The molecule has 0 spiro atoms. The fourth-order valence-electron chi connectivity index (χ4n) is 5.27. The van der Waals surface area contributed by atoms with Gasteiger partial charge in [0.15, 0.2) is 17.6 Å². The molecule has 6 aromatic rings. The van der Waals surface area contributed by atoms with Crippen LogP contribution in [0.15, 0.2) is 77.7 Å². The van der Waals surface area contributed by atoms with Crippen molar-refractivity contribution in [3.63, 3.8) is 0 Å². The van der Waals surface area contributed by atoms with Crippen LogP contribution in [-0.2, 0) is 4.79 Å². The number of nitrogens with zero attached hydrogens (tertiary/aromatic N) is 2. The van der Waals surface area contributed by atoms with Crippen LogP contribution >= 0.6 is 0 Å². The third-order valence-electron chi connectivity index (χ3n) is 7.20. The Morgan fingerprint density at radius 1 is 1.00 bits per heavy atom. The Bertz CT molecular complexity index is 1940. The molecule has 3 heterocycles. The van der Waals surface area contributed by atoms with Gasteiger partial charge in [0.05, 0.1) is 42.3 Å². The largest absolute Gasteiger partial charge is 0.493 e. The van der Waals surface area contributed by atoms with Gasteiger partial charge in [-0.05, 0) is 48.9 Å². The molecule has 0 fully saturated rings. The summed E-state index contributed by atoms with van der Waals surface area (Å²) in [7, 11) is 3.03. The van der Waals surface area contributed by atoms with E-state index in [0.717, 1.165) is 16.3 Å². The van der Waals surface area contributed by atoms with Crippen molar-refractivity contribution >= 4 is 44.0 Å². The number of hydrogen-bond donors (Lipinski definition) is 2. The second-order valence-corrected chi connectivity index (χ2v) is 9.53. The van der Waals surface area contributed by atoms with Gasteiger partial charge >= 0.3 is 0 Å². The molecular formula is C31H27N3O6. The molecule has 9 heteroatoms. The van der Waals surface area contributed by atoms with E-state index >= 15 is 0 Å². The Labute approximate surface area is 228 Å². The van der Waals surface area contributed by atoms with Crippen molar-refractivity contribution in [3.8, 4) is 17.2 Å². The number of carbonyl (C=O) groups excluding carboxylic acids is 1. The molecule has 0 bridgehead atoms. The molecule has 0 unspecified atom stereocenters. The van der Waals surface area contributed by atoms with Gasteiger partial charge in [-0.1, -0.05) is 30.3 Å². The molecule has 2 N–H and O–H groups in total. The number of aliphatic hydroxyl groups is 1. The smallest absolute Gasteiger partial charge is 0.267 e. The first-order chi connectivity index (χ1) is 19.4. The number of aliphatic hydroxyl groups excluding tert-OH is 1. The van der Waals surface area contributed by atoms with Crippen molar-refractivity contribution < 1.29 is 24.1 Å². The molecule has 40 heavy (non-hydrogen) atoms. The predicted molar refractivity (Wildman–Crippen MR) is 153 cm³/mol. The number of pyridine rings is 2. The van der Waals surface area contributed by atoms with E-state index in [2.05, 4.69) is 10.3 Å². The van der Waals surface area contributed by atoms with Crippen molar-refractivity contribution in [1.82, 2.24) is 14.7 Å². The van der Waals surface area contributed by atoms with Crippen molar-refractivity contribution in [3.05, 3.63) is 88.8 Å². The Balaban J connectivity index is 1.36. The average Bonchev–Trinajstić information content (AvgIpc) is 3.32. The van der Waals surface area contributed by atoms with E-state index in [1.54, 1.807) is 47.9 Å². The monoisotopic (exact) mass is 537 g/mol. The molecule has 0 radical (unpaired) electrons. The lowest BCUT2D eigenvalue weighted by molar-refractivity contribution is -0.127. The Morgan fingerprint density at radius 2 is 1.80 bits per heavy atom. The fourth-order valence-corrected chi connectivity index (χ4v) is 5.27. The second kappa shape index (κ2) is 10.0.